The molecule has 0 bridgehead atoms. The summed E-state index contributed by atoms with van der Waals surface area (Å²) in [5, 5.41) is 5.71. The molecule has 0 aromatic carbocycles. The van der Waals surface area contributed by atoms with E-state index in [-0.39, 0.29) is 0 Å². The lowest BCUT2D eigenvalue weighted by Gasteiger charge is -2.14. The van der Waals surface area contributed by atoms with Crippen molar-refractivity contribution < 1.29 is 0 Å². The maximum absolute atomic E-state index is 4.51. The molecule has 0 spiro atoms. The Morgan fingerprint density at radius 1 is 1.47 bits per heavy atom. The lowest BCUT2D eigenvalue weighted by Crippen LogP contribution is -2.20. The average Bonchev–Trinajstić information content (AvgIpc) is 3.08. The molecule has 0 aliphatic heterocycles. The highest BCUT2D eigenvalue weighted by Gasteiger charge is 2.08. The van der Waals surface area contributed by atoms with Crippen molar-refractivity contribution >= 4 is 21.6 Å². The van der Waals surface area contributed by atoms with Crippen LogP contribution in [0.2, 0.25) is 0 Å². The van der Waals surface area contributed by atoms with Crippen molar-refractivity contribution in [2.24, 2.45) is 0 Å². The molecule has 0 saturated carbocycles. The molecule has 2 nitrogen and oxygen atoms in total. The van der Waals surface area contributed by atoms with E-state index in [0.29, 0.717) is 6.04 Å². The first-order valence-electron chi connectivity index (χ1n) is 7.07. The monoisotopic (exact) mass is 272 g/mol. The molecule has 2 aromatic rings. The fourth-order valence-corrected chi connectivity index (χ4v) is 3.42. The summed E-state index contributed by atoms with van der Waals surface area (Å²) >= 11 is 1.76. The van der Waals surface area contributed by atoms with Gasteiger partial charge >= 0.3 is 0 Å². The van der Waals surface area contributed by atoms with E-state index < -0.39 is 0 Å². The Bertz CT molecular complexity index is 585. The van der Waals surface area contributed by atoms with E-state index in [2.05, 4.69) is 40.8 Å². The minimum absolute atomic E-state index is 0.376. The highest BCUT2D eigenvalue weighted by molar-refractivity contribution is 7.17. The fourth-order valence-electron chi connectivity index (χ4n) is 2.63. The van der Waals surface area contributed by atoms with Crippen LogP contribution in [0.4, 0.5) is 0 Å². The highest BCUT2D eigenvalue weighted by atomic mass is 32.1. The van der Waals surface area contributed by atoms with Gasteiger partial charge in [-0.1, -0.05) is 11.6 Å². The Hall–Kier alpha value is -1.19. The summed E-state index contributed by atoms with van der Waals surface area (Å²) in [6.07, 6.45) is 9.54. The van der Waals surface area contributed by atoms with Crippen molar-refractivity contribution in [2.75, 3.05) is 6.54 Å². The minimum atomic E-state index is 0.376. The molecule has 19 heavy (non-hydrogen) atoms. The van der Waals surface area contributed by atoms with Gasteiger partial charge in [-0.25, -0.2) is 0 Å². The zero-order chi connectivity index (χ0) is 13.1. The van der Waals surface area contributed by atoms with E-state index >= 15 is 0 Å². The number of fused-ring (bicyclic) bond motifs is 1. The van der Waals surface area contributed by atoms with E-state index in [1.165, 1.54) is 35.9 Å². The Kier molecular flexibility index (Phi) is 3.95. The van der Waals surface area contributed by atoms with Crippen molar-refractivity contribution in [1.29, 1.82) is 0 Å². The lowest BCUT2D eigenvalue weighted by atomic mass is 10.1. The predicted octanol–water partition coefficient (Wildman–Crippen LogP) is 4.45. The first-order valence-corrected chi connectivity index (χ1v) is 7.95. The van der Waals surface area contributed by atoms with Gasteiger partial charge in [-0.15, -0.1) is 11.3 Å². The Morgan fingerprint density at radius 2 is 2.42 bits per heavy atom. The minimum Gasteiger partial charge on any atom is -0.310 e. The van der Waals surface area contributed by atoms with Crippen LogP contribution in [-0.4, -0.2) is 11.5 Å². The van der Waals surface area contributed by atoms with Gasteiger partial charge in [0, 0.05) is 12.2 Å². The molecule has 2 heterocycles. The molecule has 1 unspecified atom stereocenters. The summed E-state index contributed by atoms with van der Waals surface area (Å²) < 4.78 is 1.28. The third-order valence-electron chi connectivity index (χ3n) is 3.86. The average molecular weight is 272 g/mol. The molecular formula is C16H20N2S. The predicted molar refractivity (Wildman–Crippen MR) is 82.6 cm³/mol. The molecular weight excluding hydrogens is 252 g/mol. The number of rotatable bonds is 5. The maximum atomic E-state index is 4.51. The molecule has 100 valence electrons. The van der Waals surface area contributed by atoms with Gasteiger partial charge in [0.25, 0.3) is 0 Å². The molecule has 0 saturated heterocycles. The van der Waals surface area contributed by atoms with E-state index in [9.17, 15) is 0 Å². The number of aromatic nitrogens is 1. The summed E-state index contributed by atoms with van der Waals surface area (Å²) in [6, 6.07) is 4.72. The maximum Gasteiger partial charge on any atom is 0.0809 e. The number of hydrogen-bond acceptors (Lipinski definition) is 3. The Labute approximate surface area is 118 Å². The Balaban J connectivity index is 1.58. The van der Waals surface area contributed by atoms with Crippen LogP contribution >= 0.6 is 11.3 Å². The Morgan fingerprint density at radius 3 is 3.26 bits per heavy atom. The van der Waals surface area contributed by atoms with Gasteiger partial charge in [0.1, 0.15) is 0 Å². The molecule has 0 radical (unpaired) electrons. The highest BCUT2D eigenvalue weighted by Crippen LogP contribution is 2.23. The summed E-state index contributed by atoms with van der Waals surface area (Å²) in [5.74, 6) is 0. The number of thiophene rings is 1. The van der Waals surface area contributed by atoms with Crippen molar-refractivity contribution in [1.82, 2.24) is 10.3 Å². The van der Waals surface area contributed by atoms with Crippen LogP contribution in [0.15, 0.2) is 35.4 Å². The number of pyridine rings is 1. The van der Waals surface area contributed by atoms with Crippen molar-refractivity contribution in [3.8, 4) is 0 Å². The first-order chi connectivity index (χ1) is 9.33. The van der Waals surface area contributed by atoms with Gasteiger partial charge in [0.05, 0.1) is 10.2 Å². The summed E-state index contributed by atoms with van der Waals surface area (Å²) in [6.45, 7) is 3.29. The molecule has 3 heteroatoms. The summed E-state index contributed by atoms with van der Waals surface area (Å²) in [5.41, 5.74) is 4.03. The normalized spacial score (nSPS) is 16.8. The van der Waals surface area contributed by atoms with Crippen LogP contribution in [0.5, 0.6) is 0 Å². The van der Waals surface area contributed by atoms with Crippen LogP contribution in [0.25, 0.3) is 10.2 Å². The lowest BCUT2D eigenvalue weighted by molar-refractivity contribution is 0.572. The molecule has 0 fully saturated rings. The first kappa shape index (κ1) is 12.8. The van der Waals surface area contributed by atoms with Crippen LogP contribution < -0.4 is 5.32 Å². The molecule has 1 aliphatic rings. The number of hydrogen-bond donors (Lipinski definition) is 1. The van der Waals surface area contributed by atoms with Gasteiger partial charge in [-0.2, -0.15) is 0 Å². The SMILES string of the molecule is CC(NCCC1=CCCC1)c1cnc2ccsc2c1. The third-order valence-corrected chi connectivity index (χ3v) is 4.71. The van der Waals surface area contributed by atoms with Crippen LogP contribution in [0, 0.1) is 0 Å². The second-order valence-electron chi connectivity index (χ2n) is 5.25. The topological polar surface area (TPSA) is 24.9 Å². The third kappa shape index (κ3) is 3.04. The van der Waals surface area contributed by atoms with E-state index in [0.717, 1.165) is 12.1 Å². The van der Waals surface area contributed by atoms with Gasteiger partial charge in [0.2, 0.25) is 0 Å². The van der Waals surface area contributed by atoms with E-state index in [1.54, 1.807) is 16.9 Å². The molecule has 1 aliphatic carbocycles. The number of nitrogens with zero attached hydrogens (tertiary/aromatic N) is 1. The van der Waals surface area contributed by atoms with E-state index in [4.69, 9.17) is 0 Å². The van der Waals surface area contributed by atoms with Gasteiger partial charge in [0.15, 0.2) is 0 Å². The number of nitrogens with one attached hydrogen (secondary N) is 1. The zero-order valence-corrected chi connectivity index (χ0v) is 12.2. The molecule has 2 aromatic heterocycles. The van der Waals surface area contributed by atoms with Gasteiger partial charge < -0.3 is 5.32 Å². The summed E-state index contributed by atoms with van der Waals surface area (Å²) in [4.78, 5) is 4.51. The standard InChI is InChI=1S/C16H20N2S/c1-12(17-8-6-13-4-2-3-5-13)14-10-16-15(18-11-14)7-9-19-16/h4,7,9-12,17H,2-3,5-6,8H2,1H3. The quantitative estimate of drug-likeness (QED) is 0.814. The van der Waals surface area contributed by atoms with Crippen molar-refractivity contribution in [3.63, 3.8) is 0 Å². The van der Waals surface area contributed by atoms with Crippen LogP contribution in [0.1, 0.15) is 44.2 Å². The van der Waals surface area contributed by atoms with E-state index in [1.807, 2.05) is 6.20 Å². The van der Waals surface area contributed by atoms with Crippen molar-refractivity contribution in [3.05, 3.63) is 40.9 Å². The molecule has 0 amide bonds. The second-order valence-corrected chi connectivity index (χ2v) is 6.20. The second kappa shape index (κ2) is 5.85. The largest absolute Gasteiger partial charge is 0.310 e. The smallest absolute Gasteiger partial charge is 0.0809 e. The number of allylic oxidation sites excluding steroid dienone is 1. The molecule has 3 rings (SSSR count). The van der Waals surface area contributed by atoms with Gasteiger partial charge in [-0.05, 0) is 62.2 Å². The van der Waals surface area contributed by atoms with Crippen LogP contribution in [-0.2, 0) is 0 Å². The van der Waals surface area contributed by atoms with Gasteiger partial charge in [-0.3, -0.25) is 4.98 Å². The summed E-state index contributed by atoms with van der Waals surface area (Å²) in [7, 11) is 0. The molecule has 1 atom stereocenters. The zero-order valence-electron chi connectivity index (χ0n) is 11.4. The fraction of sp³-hybridized carbons (Fsp3) is 0.438. The molecule has 1 N–H and O–H groups in total. The van der Waals surface area contributed by atoms with Crippen LogP contribution in [0.3, 0.4) is 0 Å². The van der Waals surface area contributed by atoms with Crippen molar-refractivity contribution in [2.45, 2.75) is 38.6 Å².